The van der Waals surface area contributed by atoms with E-state index in [0.29, 0.717) is 13.1 Å². The van der Waals surface area contributed by atoms with Crippen molar-refractivity contribution in [3.05, 3.63) is 70.8 Å². The second-order valence-electron chi connectivity index (χ2n) is 14.1. The highest BCUT2D eigenvalue weighted by atomic mass is 16.6. The van der Waals surface area contributed by atoms with Crippen molar-refractivity contribution in [2.75, 3.05) is 13.1 Å². The third-order valence-corrected chi connectivity index (χ3v) is 8.08. The van der Waals surface area contributed by atoms with Crippen LogP contribution in [0.5, 0.6) is 0 Å². The maximum atomic E-state index is 12.7. The number of amides is 2. The molecule has 0 spiro atoms. The second kappa shape index (κ2) is 13.0. The van der Waals surface area contributed by atoms with Gasteiger partial charge in [0.15, 0.2) is 0 Å². The van der Waals surface area contributed by atoms with Gasteiger partial charge in [-0.2, -0.15) is 0 Å². The van der Waals surface area contributed by atoms with Gasteiger partial charge in [0.25, 0.3) is 0 Å². The normalized spacial score (nSPS) is 19.0. The van der Waals surface area contributed by atoms with E-state index in [1.807, 2.05) is 53.9 Å². The van der Waals surface area contributed by atoms with Gasteiger partial charge < -0.3 is 19.4 Å². The van der Waals surface area contributed by atoms with Crippen LogP contribution in [0.3, 0.4) is 0 Å². The van der Waals surface area contributed by atoms with E-state index < -0.39 is 11.2 Å². The zero-order chi connectivity index (χ0) is 31.5. The number of nitrogens with zero attached hydrogens (tertiary/aromatic N) is 4. The Morgan fingerprint density at radius 3 is 1.45 bits per heavy atom. The third-order valence-electron chi connectivity index (χ3n) is 8.08. The van der Waals surface area contributed by atoms with Crippen LogP contribution in [0.2, 0.25) is 0 Å². The van der Waals surface area contributed by atoms with Crippen LogP contribution in [-0.4, -0.2) is 66.2 Å². The summed E-state index contributed by atoms with van der Waals surface area (Å²) in [5.41, 5.74) is 3.66. The van der Waals surface area contributed by atoms with Crippen LogP contribution in [0.25, 0.3) is 0 Å². The number of rotatable bonds is 8. The lowest BCUT2D eigenvalue weighted by atomic mass is 10.0. The molecular weight excluding hydrogens is 556 g/mol. The summed E-state index contributed by atoms with van der Waals surface area (Å²) in [5.74, 6) is 1.68. The predicted octanol–water partition coefficient (Wildman–Crippen LogP) is 6.85. The number of likely N-dealkylation sites (tertiary alicyclic amines) is 2. The lowest BCUT2D eigenvalue weighted by molar-refractivity contribution is 0.0208. The summed E-state index contributed by atoms with van der Waals surface area (Å²) < 4.78 is 11.2. The molecule has 2 atom stereocenters. The number of aromatic amines is 2. The molecule has 2 aliphatic rings. The fraction of sp³-hybridized carbons (Fsp3) is 0.588. The Morgan fingerprint density at radius 1 is 0.705 bits per heavy atom. The van der Waals surface area contributed by atoms with Crippen molar-refractivity contribution in [1.29, 1.82) is 0 Å². The van der Waals surface area contributed by atoms with Crippen molar-refractivity contribution in [2.24, 2.45) is 0 Å². The van der Waals surface area contributed by atoms with Crippen molar-refractivity contribution in [3.8, 4) is 0 Å². The van der Waals surface area contributed by atoms with Gasteiger partial charge in [-0.05, 0) is 104 Å². The minimum atomic E-state index is -0.515. The number of aromatic nitrogens is 4. The van der Waals surface area contributed by atoms with E-state index in [4.69, 9.17) is 9.47 Å². The van der Waals surface area contributed by atoms with Gasteiger partial charge in [0.1, 0.15) is 22.9 Å². The Bertz CT molecular complexity index is 1310. The van der Waals surface area contributed by atoms with Gasteiger partial charge in [-0.3, -0.25) is 9.80 Å². The van der Waals surface area contributed by atoms with E-state index >= 15 is 0 Å². The molecule has 0 aliphatic carbocycles. The van der Waals surface area contributed by atoms with Crippen molar-refractivity contribution in [2.45, 2.75) is 116 Å². The summed E-state index contributed by atoms with van der Waals surface area (Å²) in [6, 6.07) is 8.66. The fourth-order valence-corrected chi connectivity index (χ4v) is 5.96. The Kier molecular flexibility index (Phi) is 9.37. The van der Waals surface area contributed by atoms with E-state index in [1.54, 1.807) is 9.80 Å². The van der Waals surface area contributed by atoms with Crippen LogP contribution in [0.4, 0.5) is 9.59 Å². The van der Waals surface area contributed by atoms with Crippen LogP contribution in [0, 0.1) is 0 Å². The summed E-state index contributed by atoms with van der Waals surface area (Å²) in [6.07, 6.45) is 10.4. The van der Waals surface area contributed by atoms with Gasteiger partial charge in [-0.25, -0.2) is 19.6 Å². The maximum Gasteiger partial charge on any atom is 0.410 e. The minimum absolute atomic E-state index is 0.0640. The molecule has 0 bridgehead atoms. The van der Waals surface area contributed by atoms with Crippen LogP contribution in [-0.2, 0) is 35.2 Å². The molecule has 4 heterocycles. The minimum Gasteiger partial charge on any atom is -0.444 e. The van der Waals surface area contributed by atoms with Gasteiger partial charge in [-0.1, -0.05) is 24.3 Å². The lowest BCUT2D eigenvalue weighted by Crippen LogP contribution is -2.36. The molecule has 0 saturated carbocycles. The summed E-state index contributed by atoms with van der Waals surface area (Å²) in [6.45, 7) is 12.7. The number of imidazole rings is 2. The van der Waals surface area contributed by atoms with Crippen molar-refractivity contribution in [1.82, 2.24) is 29.7 Å². The van der Waals surface area contributed by atoms with Gasteiger partial charge in [-0.15, -0.1) is 0 Å². The van der Waals surface area contributed by atoms with Crippen LogP contribution < -0.4 is 0 Å². The molecule has 0 unspecified atom stereocenters. The number of ether oxygens (including phenoxy) is 2. The third kappa shape index (κ3) is 8.21. The quantitative estimate of drug-likeness (QED) is 0.291. The zero-order valence-electron chi connectivity index (χ0n) is 27.1. The number of H-pyrrole nitrogens is 2. The molecule has 3 aromatic rings. The standard InChI is InChI=1S/C34H48N6O4/c1-33(2,3)43-31(41)39-19-7-9-27(39)29-35-21-25(37-29)17-15-23-11-13-24(14-12-23)16-18-26-22-36-30(38-26)28-10-8-20-40(28)32(42)44-34(4,5)6/h11-14,21-22,27-28H,7-10,15-20H2,1-6H3,(H,35,37)(H,36,38)/t27-,28-/m0/s1. The molecular formula is C34H48N6O4. The molecule has 10 heteroatoms. The SMILES string of the molecule is CC(C)(C)OC(=O)N1CCC[C@H]1c1ncc(CCc2ccc(CCc3cnc([C@@H]4CCCN4C(=O)OC(C)(C)C)[nH]3)cc2)[nH]1. The Labute approximate surface area is 260 Å². The Morgan fingerprint density at radius 2 is 1.09 bits per heavy atom. The smallest absolute Gasteiger partial charge is 0.410 e. The van der Waals surface area contributed by atoms with E-state index in [-0.39, 0.29) is 24.3 Å². The number of hydrogen-bond donors (Lipinski definition) is 2. The summed E-state index contributed by atoms with van der Waals surface area (Å²) in [4.78, 5) is 45.1. The first kappa shape index (κ1) is 31.6. The van der Waals surface area contributed by atoms with Crippen LogP contribution >= 0.6 is 0 Å². The monoisotopic (exact) mass is 604 g/mol. The first-order chi connectivity index (χ1) is 20.8. The summed E-state index contributed by atoms with van der Waals surface area (Å²) in [7, 11) is 0. The van der Waals surface area contributed by atoms with Crippen LogP contribution in [0.1, 0.15) is 113 Å². The number of benzene rings is 1. The average Bonchev–Trinajstić information content (AvgIpc) is 3.75. The number of aryl methyl sites for hydroxylation is 4. The van der Waals surface area contributed by atoms with Crippen LogP contribution in [0.15, 0.2) is 36.7 Å². The molecule has 238 valence electrons. The molecule has 10 nitrogen and oxygen atoms in total. The molecule has 2 aromatic heterocycles. The Balaban J connectivity index is 1.09. The number of hydrogen-bond acceptors (Lipinski definition) is 6. The molecule has 2 amide bonds. The second-order valence-corrected chi connectivity index (χ2v) is 14.1. The highest BCUT2D eigenvalue weighted by Gasteiger charge is 2.36. The molecule has 2 aliphatic heterocycles. The predicted molar refractivity (Wildman–Crippen MR) is 168 cm³/mol. The summed E-state index contributed by atoms with van der Waals surface area (Å²) in [5, 5.41) is 0. The Hall–Kier alpha value is -3.82. The molecule has 2 N–H and O–H groups in total. The first-order valence-electron chi connectivity index (χ1n) is 16.0. The average molecular weight is 605 g/mol. The van der Waals surface area contributed by atoms with Crippen molar-refractivity contribution >= 4 is 12.2 Å². The van der Waals surface area contributed by atoms with Crippen molar-refractivity contribution < 1.29 is 19.1 Å². The maximum absolute atomic E-state index is 12.7. The molecule has 2 saturated heterocycles. The highest BCUT2D eigenvalue weighted by Crippen LogP contribution is 2.33. The molecule has 2 fully saturated rings. The lowest BCUT2D eigenvalue weighted by Gasteiger charge is -2.27. The highest BCUT2D eigenvalue weighted by molar-refractivity contribution is 5.69. The van der Waals surface area contributed by atoms with E-state index in [0.717, 1.165) is 74.4 Å². The van der Waals surface area contributed by atoms with E-state index in [1.165, 1.54) is 11.1 Å². The molecule has 44 heavy (non-hydrogen) atoms. The number of carbonyl (C=O) groups excluding carboxylic acids is 2. The first-order valence-corrected chi connectivity index (χ1v) is 16.0. The number of carbonyl (C=O) groups is 2. The zero-order valence-corrected chi connectivity index (χ0v) is 27.1. The summed E-state index contributed by atoms with van der Waals surface area (Å²) >= 11 is 0. The fourth-order valence-electron chi connectivity index (χ4n) is 5.96. The van der Waals surface area contributed by atoms with Gasteiger partial charge in [0.2, 0.25) is 0 Å². The molecule has 5 rings (SSSR count). The molecule has 0 radical (unpaired) electrons. The number of nitrogens with one attached hydrogen (secondary N) is 2. The molecule has 1 aromatic carbocycles. The van der Waals surface area contributed by atoms with Gasteiger partial charge in [0.05, 0.1) is 12.1 Å². The van der Waals surface area contributed by atoms with Gasteiger partial charge in [0, 0.05) is 36.9 Å². The topological polar surface area (TPSA) is 116 Å². The van der Waals surface area contributed by atoms with Crippen molar-refractivity contribution in [3.63, 3.8) is 0 Å². The largest absolute Gasteiger partial charge is 0.444 e. The van der Waals surface area contributed by atoms with E-state index in [2.05, 4.69) is 44.2 Å². The van der Waals surface area contributed by atoms with Gasteiger partial charge >= 0.3 is 12.2 Å². The van der Waals surface area contributed by atoms with E-state index in [9.17, 15) is 9.59 Å².